The number of benzene rings is 2. The third-order valence-electron chi connectivity index (χ3n) is 3.85. The van der Waals surface area contributed by atoms with Crippen LogP contribution in [0.2, 0.25) is 0 Å². The smallest absolute Gasteiger partial charge is 0.123 e. The summed E-state index contributed by atoms with van der Waals surface area (Å²) in [7, 11) is 0. The van der Waals surface area contributed by atoms with E-state index in [1.807, 2.05) is 12.1 Å². The second-order valence-electron chi connectivity index (χ2n) is 5.22. The lowest BCUT2D eigenvalue weighted by Crippen LogP contribution is -2.28. The summed E-state index contributed by atoms with van der Waals surface area (Å²) in [6, 6.07) is 11.4. The molecule has 3 rings (SSSR count). The van der Waals surface area contributed by atoms with E-state index in [-0.39, 0.29) is 18.2 Å². The Hall–Kier alpha value is -1.12. The molecule has 1 nitrogen and oxygen atoms in total. The Morgan fingerprint density at radius 3 is 2.47 bits per heavy atom. The van der Waals surface area contributed by atoms with E-state index < -0.39 is 0 Å². The van der Waals surface area contributed by atoms with Crippen molar-refractivity contribution in [1.82, 2.24) is 5.32 Å². The number of nitrogens with one attached hydrogen (secondary N) is 1. The lowest BCUT2D eigenvalue weighted by molar-refractivity contribution is 0.373. The highest BCUT2D eigenvalue weighted by Gasteiger charge is 2.13. The summed E-state index contributed by atoms with van der Waals surface area (Å²) in [5.41, 5.74) is 1.38. The molecular formula is C16H19ClFN. The van der Waals surface area contributed by atoms with Crippen molar-refractivity contribution in [1.29, 1.82) is 0 Å². The molecule has 0 saturated carbocycles. The maximum atomic E-state index is 13.1. The Balaban J connectivity index is 0.00000133. The van der Waals surface area contributed by atoms with Crippen molar-refractivity contribution >= 4 is 23.2 Å². The van der Waals surface area contributed by atoms with Gasteiger partial charge in [-0.15, -0.1) is 12.4 Å². The number of rotatable bonds is 2. The average Bonchev–Trinajstić information content (AvgIpc) is 2.40. The van der Waals surface area contributed by atoms with Crippen molar-refractivity contribution in [3.8, 4) is 0 Å². The molecule has 1 aliphatic rings. The van der Waals surface area contributed by atoms with E-state index in [2.05, 4.69) is 17.4 Å². The van der Waals surface area contributed by atoms with Crippen LogP contribution in [-0.4, -0.2) is 13.1 Å². The molecule has 1 N–H and O–H groups in total. The fourth-order valence-corrected chi connectivity index (χ4v) is 2.81. The minimum atomic E-state index is -0.159. The molecule has 19 heavy (non-hydrogen) atoms. The van der Waals surface area contributed by atoms with Crippen LogP contribution < -0.4 is 5.32 Å². The fourth-order valence-electron chi connectivity index (χ4n) is 2.81. The highest BCUT2D eigenvalue weighted by Crippen LogP contribution is 2.22. The predicted molar refractivity (Wildman–Crippen MR) is 80.5 cm³/mol. The van der Waals surface area contributed by atoms with E-state index in [1.165, 1.54) is 24.5 Å². The molecule has 0 bridgehead atoms. The summed E-state index contributed by atoms with van der Waals surface area (Å²) in [5, 5.41) is 5.53. The maximum absolute atomic E-state index is 13.1. The monoisotopic (exact) mass is 279 g/mol. The lowest BCUT2D eigenvalue weighted by Gasteiger charge is -2.22. The van der Waals surface area contributed by atoms with Gasteiger partial charge in [0.2, 0.25) is 0 Å². The number of hydrogen-bond donors (Lipinski definition) is 1. The molecular weight excluding hydrogens is 261 g/mol. The van der Waals surface area contributed by atoms with Gasteiger partial charge in [0.15, 0.2) is 0 Å². The third-order valence-corrected chi connectivity index (χ3v) is 3.85. The number of hydrogen-bond acceptors (Lipinski definition) is 1. The molecule has 1 heterocycles. The second-order valence-corrected chi connectivity index (χ2v) is 5.22. The van der Waals surface area contributed by atoms with Gasteiger partial charge in [-0.2, -0.15) is 0 Å². The average molecular weight is 280 g/mol. The SMILES string of the molecule is Cl.Fc1ccc2cc(CC3CCNCC3)ccc2c1. The highest BCUT2D eigenvalue weighted by atomic mass is 35.5. The van der Waals surface area contributed by atoms with E-state index in [0.717, 1.165) is 36.2 Å². The van der Waals surface area contributed by atoms with Crippen LogP contribution in [-0.2, 0) is 6.42 Å². The van der Waals surface area contributed by atoms with E-state index in [9.17, 15) is 4.39 Å². The molecule has 2 aromatic carbocycles. The van der Waals surface area contributed by atoms with Gasteiger partial charge in [-0.05, 0) is 66.7 Å². The molecule has 0 atom stereocenters. The van der Waals surface area contributed by atoms with Crippen LogP contribution >= 0.6 is 12.4 Å². The minimum Gasteiger partial charge on any atom is -0.317 e. The second kappa shape index (κ2) is 6.36. The van der Waals surface area contributed by atoms with Gasteiger partial charge in [-0.25, -0.2) is 4.39 Å². The van der Waals surface area contributed by atoms with Gasteiger partial charge >= 0.3 is 0 Å². The summed E-state index contributed by atoms with van der Waals surface area (Å²) in [6.45, 7) is 2.28. The van der Waals surface area contributed by atoms with Crippen LogP contribution in [0.25, 0.3) is 10.8 Å². The molecule has 0 amide bonds. The summed E-state index contributed by atoms with van der Waals surface area (Å²) in [5.74, 6) is 0.637. The lowest BCUT2D eigenvalue weighted by atomic mass is 9.90. The topological polar surface area (TPSA) is 12.0 Å². The van der Waals surface area contributed by atoms with Gasteiger partial charge in [0.05, 0.1) is 0 Å². The molecule has 3 heteroatoms. The van der Waals surface area contributed by atoms with Crippen molar-refractivity contribution in [3.05, 3.63) is 47.8 Å². The predicted octanol–water partition coefficient (Wildman–Crippen LogP) is 3.94. The molecule has 0 unspecified atom stereocenters. The quantitative estimate of drug-likeness (QED) is 0.878. The molecule has 1 aliphatic heterocycles. The van der Waals surface area contributed by atoms with Crippen LogP contribution in [0.15, 0.2) is 36.4 Å². The zero-order valence-electron chi connectivity index (χ0n) is 10.9. The molecule has 1 saturated heterocycles. The molecule has 1 fully saturated rings. The molecule has 0 aliphatic carbocycles. The Labute approximate surface area is 119 Å². The fraction of sp³-hybridized carbons (Fsp3) is 0.375. The van der Waals surface area contributed by atoms with E-state index >= 15 is 0 Å². The largest absolute Gasteiger partial charge is 0.317 e. The van der Waals surface area contributed by atoms with Gasteiger partial charge in [0.25, 0.3) is 0 Å². The molecule has 0 radical (unpaired) electrons. The summed E-state index contributed by atoms with van der Waals surface area (Å²) >= 11 is 0. The molecule has 0 aromatic heterocycles. The summed E-state index contributed by atoms with van der Waals surface area (Å²) in [6.07, 6.45) is 3.68. The first-order chi connectivity index (χ1) is 8.81. The third kappa shape index (κ3) is 3.46. The van der Waals surface area contributed by atoms with Gasteiger partial charge < -0.3 is 5.32 Å². The number of halogens is 2. The highest BCUT2D eigenvalue weighted by molar-refractivity contribution is 5.85. The van der Waals surface area contributed by atoms with E-state index in [1.54, 1.807) is 6.07 Å². The van der Waals surface area contributed by atoms with Crippen molar-refractivity contribution in [2.75, 3.05) is 13.1 Å². The zero-order valence-corrected chi connectivity index (χ0v) is 11.7. The minimum absolute atomic E-state index is 0. The van der Waals surface area contributed by atoms with Crippen LogP contribution in [0.3, 0.4) is 0 Å². The molecule has 102 valence electrons. The first-order valence-corrected chi connectivity index (χ1v) is 6.70. The van der Waals surface area contributed by atoms with Gasteiger partial charge in [-0.3, -0.25) is 0 Å². The maximum Gasteiger partial charge on any atom is 0.123 e. The van der Waals surface area contributed by atoms with Crippen LogP contribution in [0.1, 0.15) is 18.4 Å². The Bertz CT molecular complexity index is 549. The summed E-state index contributed by atoms with van der Waals surface area (Å²) in [4.78, 5) is 0. The van der Waals surface area contributed by atoms with Crippen LogP contribution in [0.5, 0.6) is 0 Å². The van der Waals surface area contributed by atoms with Gasteiger partial charge in [0, 0.05) is 0 Å². The van der Waals surface area contributed by atoms with Crippen LogP contribution in [0.4, 0.5) is 4.39 Å². The van der Waals surface area contributed by atoms with Gasteiger partial charge in [-0.1, -0.05) is 24.3 Å². The van der Waals surface area contributed by atoms with Crippen molar-refractivity contribution in [3.63, 3.8) is 0 Å². The van der Waals surface area contributed by atoms with Crippen LogP contribution in [0, 0.1) is 11.7 Å². The van der Waals surface area contributed by atoms with E-state index in [4.69, 9.17) is 0 Å². The Morgan fingerprint density at radius 2 is 1.68 bits per heavy atom. The number of piperidine rings is 1. The molecule has 0 spiro atoms. The first kappa shape index (κ1) is 14.3. The van der Waals surface area contributed by atoms with Crippen molar-refractivity contribution < 1.29 is 4.39 Å². The van der Waals surface area contributed by atoms with Crippen molar-refractivity contribution in [2.45, 2.75) is 19.3 Å². The summed E-state index contributed by atoms with van der Waals surface area (Å²) < 4.78 is 13.1. The van der Waals surface area contributed by atoms with Gasteiger partial charge in [0.1, 0.15) is 5.82 Å². The Kier molecular flexibility index (Phi) is 4.78. The molecule has 2 aromatic rings. The van der Waals surface area contributed by atoms with Crippen molar-refractivity contribution in [2.24, 2.45) is 5.92 Å². The Morgan fingerprint density at radius 1 is 1.00 bits per heavy atom. The normalized spacial score (nSPS) is 16.3. The first-order valence-electron chi connectivity index (χ1n) is 6.70. The van der Waals surface area contributed by atoms with E-state index in [0.29, 0.717) is 0 Å². The standard InChI is InChI=1S/C16H18FN.ClH/c17-16-4-3-14-10-13(1-2-15(14)11-16)9-12-5-7-18-8-6-12;/h1-4,10-12,18H,5-9H2;1H. The number of fused-ring (bicyclic) bond motifs is 1. The zero-order chi connectivity index (χ0) is 12.4.